The number of urea groups is 1. The van der Waals surface area contributed by atoms with Crippen molar-refractivity contribution in [3.05, 3.63) is 48.5 Å². The Morgan fingerprint density at radius 3 is 2.71 bits per heavy atom. The van der Waals surface area contributed by atoms with Crippen LogP contribution < -0.4 is 16.0 Å². The molecule has 3 rings (SSSR count). The van der Waals surface area contributed by atoms with Crippen LogP contribution >= 0.6 is 0 Å². The van der Waals surface area contributed by atoms with Crippen molar-refractivity contribution in [1.29, 1.82) is 0 Å². The summed E-state index contributed by atoms with van der Waals surface area (Å²) in [7, 11) is 0. The second-order valence-corrected chi connectivity index (χ2v) is 5.53. The van der Waals surface area contributed by atoms with Gasteiger partial charge in [0.1, 0.15) is 5.82 Å². The summed E-state index contributed by atoms with van der Waals surface area (Å²) in [4.78, 5) is 15.7. The van der Waals surface area contributed by atoms with Crippen LogP contribution in [0, 0.1) is 5.82 Å². The van der Waals surface area contributed by atoms with Gasteiger partial charge in [-0.05, 0) is 43.2 Å². The van der Waals surface area contributed by atoms with Gasteiger partial charge in [-0.2, -0.15) is 0 Å². The normalized spacial score (nSPS) is 16.6. The predicted octanol–water partition coefficient (Wildman–Crippen LogP) is 3.46. The summed E-state index contributed by atoms with van der Waals surface area (Å²) in [6.07, 6.45) is 5.31. The molecule has 1 fully saturated rings. The Balaban J connectivity index is 1.54. The maximum Gasteiger partial charge on any atom is 0.323 e. The van der Waals surface area contributed by atoms with Crippen LogP contribution in [0.4, 0.5) is 26.2 Å². The molecule has 2 heterocycles. The van der Waals surface area contributed by atoms with Crippen LogP contribution in [0.1, 0.15) is 12.8 Å². The first-order valence-electron chi connectivity index (χ1n) is 7.84. The average molecular weight is 330 g/mol. The van der Waals surface area contributed by atoms with E-state index < -0.39 is 11.8 Å². The number of pyridine rings is 1. The Labute approximate surface area is 139 Å². The Morgan fingerprint density at radius 1 is 1.21 bits per heavy atom. The van der Waals surface area contributed by atoms with Crippen LogP contribution in [0.15, 0.2) is 42.7 Å². The Hall–Kier alpha value is -2.67. The number of halogens is 1. The molecule has 24 heavy (non-hydrogen) atoms. The second-order valence-electron chi connectivity index (χ2n) is 5.53. The molecule has 1 aliphatic rings. The largest absolute Gasteiger partial charge is 0.380 e. The van der Waals surface area contributed by atoms with E-state index in [-0.39, 0.29) is 6.10 Å². The van der Waals surface area contributed by atoms with Crippen molar-refractivity contribution < 1.29 is 13.9 Å². The molecule has 2 amide bonds. The molecule has 126 valence electrons. The highest BCUT2D eigenvalue weighted by Gasteiger charge is 2.15. The summed E-state index contributed by atoms with van der Waals surface area (Å²) in [6.45, 7) is 1.34. The van der Waals surface area contributed by atoms with E-state index in [2.05, 4.69) is 20.9 Å². The van der Waals surface area contributed by atoms with Crippen molar-refractivity contribution in [1.82, 2.24) is 4.98 Å². The molecule has 1 aromatic carbocycles. The minimum Gasteiger partial charge on any atom is -0.380 e. The highest BCUT2D eigenvalue weighted by molar-refractivity contribution is 5.99. The fraction of sp³-hybridized carbons (Fsp3) is 0.294. The van der Waals surface area contributed by atoms with Gasteiger partial charge in [-0.3, -0.25) is 4.98 Å². The van der Waals surface area contributed by atoms with Crippen LogP contribution in [0.3, 0.4) is 0 Å². The van der Waals surface area contributed by atoms with Gasteiger partial charge in [-0.25, -0.2) is 9.18 Å². The first-order valence-corrected chi connectivity index (χ1v) is 7.84. The molecule has 6 nitrogen and oxygen atoms in total. The molecule has 7 heteroatoms. The van der Waals surface area contributed by atoms with Gasteiger partial charge in [0.05, 0.1) is 11.8 Å². The minimum atomic E-state index is -0.444. The van der Waals surface area contributed by atoms with Gasteiger partial charge in [0, 0.05) is 36.9 Å². The molecule has 1 aromatic heterocycles. The van der Waals surface area contributed by atoms with E-state index in [0.717, 1.165) is 19.4 Å². The zero-order valence-electron chi connectivity index (χ0n) is 13.1. The number of nitrogens with zero attached hydrogens (tertiary/aromatic N) is 1. The van der Waals surface area contributed by atoms with E-state index >= 15 is 0 Å². The molecule has 0 saturated carbocycles. The number of aromatic nitrogens is 1. The number of ether oxygens (including phenoxy) is 1. The monoisotopic (exact) mass is 330 g/mol. The third-order valence-electron chi connectivity index (χ3n) is 3.71. The van der Waals surface area contributed by atoms with Crippen molar-refractivity contribution in [2.75, 3.05) is 29.1 Å². The number of carbonyl (C=O) groups is 1. The average Bonchev–Trinajstić information content (AvgIpc) is 3.08. The SMILES string of the molecule is O=C(Nc1ccncc1)Nc1ccc(NC[C@@H]2CCCO2)c(F)c1. The first-order chi connectivity index (χ1) is 11.7. The third-order valence-corrected chi connectivity index (χ3v) is 3.71. The number of amides is 2. The zero-order chi connectivity index (χ0) is 16.8. The molecule has 0 aliphatic carbocycles. The molecule has 1 aliphatic heterocycles. The third kappa shape index (κ3) is 4.42. The van der Waals surface area contributed by atoms with Crippen LogP contribution in [0.5, 0.6) is 0 Å². The Kier molecular flexibility index (Phi) is 5.22. The molecule has 0 radical (unpaired) electrons. The van der Waals surface area contributed by atoms with Gasteiger partial charge in [0.15, 0.2) is 0 Å². The standard InChI is InChI=1S/C17H19FN4O2/c18-15-10-13(22-17(23)21-12-5-7-19-8-6-12)3-4-16(15)20-11-14-2-1-9-24-14/h3-8,10,14,20H,1-2,9,11H2,(H2,19,21,22,23)/t14-/m0/s1. The smallest absolute Gasteiger partial charge is 0.323 e. The molecule has 2 aromatic rings. The van der Waals surface area contributed by atoms with Gasteiger partial charge in [-0.15, -0.1) is 0 Å². The van der Waals surface area contributed by atoms with E-state index in [4.69, 9.17) is 4.74 Å². The highest BCUT2D eigenvalue weighted by Crippen LogP contribution is 2.20. The summed E-state index contributed by atoms with van der Waals surface area (Å²) >= 11 is 0. The van der Waals surface area contributed by atoms with Gasteiger partial charge in [-0.1, -0.05) is 0 Å². The quantitative estimate of drug-likeness (QED) is 0.785. The van der Waals surface area contributed by atoms with Crippen molar-refractivity contribution in [2.45, 2.75) is 18.9 Å². The lowest BCUT2D eigenvalue weighted by molar-refractivity contribution is 0.120. The molecule has 0 bridgehead atoms. The number of hydrogen-bond acceptors (Lipinski definition) is 4. The first kappa shape index (κ1) is 16.2. The Morgan fingerprint density at radius 2 is 2.00 bits per heavy atom. The number of nitrogens with one attached hydrogen (secondary N) is 3. The topological polar surface area (TPSA) is 75.3 Å². The Bertz CT molecular complexity index is 690. The predicted molar refractivity (Wildman–Crippen MR) is 90.7 cm³/mol. The molecule has 1 atom stereocenters. The summed E-state index contributed by atoms with van der Waals surface area (Å²) < 4.78 is 19.6. The highest BCUT2D eigenvalue weighted by atomic mass is 19.1. The van der Waals surface area contributed by atoms with E-state index in [0.29, 0.717) is 23.6 Å². The van der Waals surface area contributed by atoms with E-state index in [1.54, 1.807) is 36.7 Å². The van der Waals surface area contributed by atoms with Gasteiger partial charge < -0.3 is 20.7 Å². The zero-order valence-corrected chi connectivity index (χ0v) is 13.1. The lowest BCUT2D eigenvalue weighted by Crippen LogP contribution is -2.20. The molecule has 0 unspecified atom stereocenters. The molecular weight excluding hydrogens is 311 g/mol. The van der Waals surface area contributed by atoms with Gasteiger partial charge in [0.2, 0.25) is 0 Å². The maximum absolute atomic E-state index is 14.1. The van der Waals surface area contributed by atoms with E-state index in [9.17, 15) is 9.18 Å². The van der Waals surface area contributed by atoms with E-state index in [1.165, 1.54) is 6.07 Å². The molecule has 3 N–H and O–H groups in total. The summed E-state index contributed by atoms with van der Waals surface area (Å²) in [5.74, 6) is -0.422. The lowest BCUT2D eigenvalue weighted by Gasteiger charge is -2.13. The molecular formula is C17H19FN4O2. The summed E-state index contributed by atoms with van der Waals surface area (Å²) in [6, 6.07) is 7.42. The maximum atomic E-state index is 14.1. The fourth-order valence-corrected chi connectivity index (χ4v) is 2.49. The van der Waals surface area contributed by atoms with E-state index in [1.807, 2.05) is 0 Å². The second kappa shape index (κ2) is 7.74. The van der Waals surface area contributed by atoms with Crippen LogP contribution in [0.2, 0.25) is 0 Å². The number of carbonyl (C=O) groups excluding carboxylic acids is 1. The van der Waals surface area contributed by atoms with Crippen molar-refractivity contribution in [2.24, 2.45) is 0 Å². The lowest BCUT2D eigenvalue weighted by atomic mass is 10.2. The molecule has 0 spiro atoms. The van der Waals surface area contributed by atoms with Gasteiger partial charge in [0.25, 0.3) is 0 Å². The van der Waals surface area contributed by atoms with Crippen molar-refractivity contribution >= 4 is 23.1 Å². The number of hydrogen-bond donors (Lipinski definition) is 3. The molecule has 1 saturated heterocycles. The van der Waals surface area contributed by atoms with Crippen molar-refractivity contribution in [3.63, 3.8) is 0 Å². The van der Waals surface area contributed by atoms with Crippen LogP contribution in [-0.2, 0) is 4.74 Å². The minimum absolute atomic E-state index is 0.133. The summed E-state index contributed by atoms with van der Waals surface area (Å²) in [5, 5.41) is 8.27. The van der Waals surface area contributed by atoms with Gasteiger partial charge >= 0.3 is 6.03 Å². The van der Waals surface area contributed by atoms with Crippen LogP contribution in [0.25, 0.3) is 0 Å². The van der Waals surface area contributed by atoms with Crippen LogP contribution in [-0.4, -0.2) is 30.3 Å². The summed E-state index contributed by atoms with van der Waals surface area (Å²) in [5.41, 5.74) is 1.38. The number of anilines is 3. The number of rotatable bonds is 5. The number of benzene rings is 1. The fourth-order valence-electron chi connectivity index (χ4n) is 2.49. The van der Waals surface area contributed by atoms with Crippen molar-refractivity contribution in [3.8, 4) is 0 Å².